The highest BCUT2D eigenvalue weighted by Crippen LogP contribution is 2.25. The lowest BCUT2D eigenvalue weighted by Crippen LogP contribution is -2.60. The van der Waals surface area contributed by atoms with Gasteiger partial charge in [-0.25, -0.2) is 10.1 Å². The van der Waals surface area contributed by atoms with E-state index in [1.54, 1.807) is 74.6 Å². The fourth-order valence-electron chi connectivity index (χ4n) is 16.1. The number of hydrogen-bond donors (Lipinski definition) is 22. The van der Waals surface area contributed by atoms with Gasteiger partial charge in [0.2, 0.25) is 94.5 Å². The van der Waals surface area contributed by atoms with Crippen molar-refractivity contribution in [3.05, 3.63) is 96.0 Å². The van der Waals surface area contributed by atoms with Crippen LogP contribution in [0.25, 0.3) is 10.9 Å². The van der Waals surface area contributed by atoms with E-state index in [1.807, 2.05) is 12.1 Å². The Kier molecular flexibility index (Phi) is 51.6. The maximum atomic E-state index is 15.4. The minimum atomic E-state index is -1.75. The number of aromatic amines is 3. The van der Waals surface area contributed by atoms with Crippen LogP contribution in [0.3, 0.4) is 0 Å². The number of para-hydroxylation sites is 1. The number of fused-ring (bicyclic) bond motifs is 2. The monoisotopic (exact) mass is 1960 g/mol. The van der Waals surface area contributed by atoms with Gasteiger partial charge in [0, 0.05) is 120 Å². The highest BCUT2D eigenvalue weighted by atomic mass is 16.5. The minimum Gasteiger partial charge on any atom is -0.394 e. The van der Waals surface area contributed by atoms with Crippen molar-refractivity contribution < 1.29 is 96.4 Å². The summed E-state index contributed by atoms with van der Waals surface area (Å²) >= 11 is 0. The Morgan fingerprint density at radius 1 is 0.629 bits per heavy atom. The van der Waals surface area contributed by atoms with E-state index in [9.17, 15) is 63.0 Å². The van der Waals surface area contributed by atoms with Crippen LogP contribution in [0.1, 0.15) is 203 Å². The molecule has 140 heavy (non-hydrogen) atoms. The molecule has 5 aromatic rings. The molecule has 3 aromatic heterocycles. The summed E-state index contributed by atoms with van der Waals surface area (Å²) in [4.78, 5) is 240. The summed E-state index contributed by atoms with van der Waals surface area (Å²) in [5.41, 5.74) is 19.2. The molecule has 7 rings (SSSR count). The molecule has 772 valence electrons. The molecule has 2 aliphatic rings. The number of guanidine groups is 1. The number of nitrogens with two attached hydrogens (primary N) is 3. The molecule has 0 unspecified atom stereocenters. The fourth-order valence-corrected chi connectivity index (χ4v) is 16.1. The van der Waals surface area contributed by atoms with Crippen LogP contribution in [0.2, 0.25) is 0 Å². The van der Waals surface area contributed by atoms with Gasteiger partial charge in [-0.2, -0.15) is 0 Å². The van der Waals surface area contributed by atoms with E-state index < -0.39 is 220 Å². The number of aryl methyl sites for hydroxylation is 1. The lowest BCUT2D eigenvalue weighted by Gasteiger charge is -2.31. The number of rotatable bonds is 58. The van der Waals surface area contributed by atoms with Crippen LogP contribution in [0, 0.1) is 5.41 Å². The molecule has 0 spiro atoms. The van der Waals surface area contributed by atoms with Gasteiger partial charge >= 0.3 is 0 Å². The number of H-pyrrole nitrogens is 3. The third-order valence-electron chi connectivity index (χ3n) is 23.8. The van der Waals surface area contributed by atoms with E-state index in [0.717, 1.165) is 65.1 Å². The predicted octanol–water partition coefficient (Wildman–Crippen LogP) is -2.61. The number of tetrazole rings is 1. The first-order valence-corrected chi connectivity index (χ1v) is 48.5. The van der Waals surface area contributed by atoms with E-state index >= 15 is 24.0 Å². The number of carbonyl (C=O) groups excluding carboxylic acids is 16. The number of aromatic nitrogens is 7. The second-order valence-electron chi connectivity index (χ2n) is 35.5. The summed E-state index contributed by atoms with van der Waals surface area (Å²) < 4.78 is 10.9. The quantitative estimate of drug-likeness (QED) is 0.0108. The van der Waals surface area contributed by atoms with Crippen molar-refractivity contribution in [3.8, 4) is 0 Å². The molecule has 0 saturated carbocycles. The first-order valence-electron chi connectivity index (χ1n) is 48.5. The Morgan fingerprint density at radius 2 is 1.28 bits per heavy atom. The summed E-state index contributed by atoms with van der Waals surface area (Å²) in [5, 5.41) is 78.5. The average Bonchev–Trinajstić information content (AvgIpc) is 1.67. The minimum absolute atomic E-state index is 0.00626. The summed E-state index contributed by atoms with van der Waals surface area (Å²) in [6.45, 7) is -1.17. The zero-order valence-corrected chi connectivity index (χ0v) is 80.5. The van der Waals surface area contributed by atoms with Crippen molar-refractivity contribution in [2.75, 3.05) is 99.5 Å². The Labute approximate surface area is 814 Å². The lowest BCUT2D eigenvalue weighted by molar-refractivity contribution is -0.143. The zero-order valence-electron chi connectivity index (χ0n) is 80.5. The van der Waals surface area contributed by atoms with Gasteiger partial charge in [0.25, 0.3) is 0 Å². The number of carbonyl (C=O) groups is 16. The SMILES string of the molecule is CCCC[C@H](NC(=O)CN(CCN(C)C)C(=O)[C@H](Cc1cnc[nH]1)NC(=O)[C@H](CCC(N)=O)NC(=O)[C@H](CO)NC(=O)CNC(=O)COCCOCCNC(=O)CCCCCCCCCCCCCCCc1nnn[nH]1)C(=O)N[C@H]1CCC(=O)NCCCC[C@@H](C(N)=O)NC(=O)[C@H](Cc2c[nH]c3ccccc23)NC(=O)[C@H](CCCNC(=N)N)NC(=O)[C@@H](Cc2ccccc2)NC(=O)[C@@H]2C[C@@H](O)CN2C1=O. The first-order chi connectivity index (χ1) is 67.4. The predicted molar refractivity (Wildman–Crippen MR) is 513 cm³/mol. The Balaban J connectivity index is 0.974. The molecule has 47 nitrogen and oxygen atoms in total. The van der Waals surface area contributed by atoms with Crippen molar-refractivity contribution >= 4 is 111 Å². The molecule has 16 amide bonds. The van der Waals surface area contributed by atoms with Crippen molar-refractivity contribution in [1.29, 1.82) is 5.41 Å². The van der Waals surface area contributed by atoms with E-state index in [1.165, 1.54) is 63.9 Å². The number of nitrogens with zero attached hydrogens (tertiary/aromatic N) is 7. The number of aliphatic hydroxyl groups is 2. The van der Waals surface area contributed by atoms with Gasteiger partial charge < -0.3 is 131 Å². The number of ether oxygens (including phenoxy) is 2. The van der Waals surface area contributed by atoms with Gasteiger partial charge in [0.05, 0.1) is 51.9 Å². The van der Waals surface area contributed by atoms with Gasteiger partial charge in [-0.05, 0) is 106 Å². The number of primary amides is 2. The number of nitrogens with one attached hydrogen (secondary N) is 17. The molecular formula is C93H145N27O20. The van der Waals surface area contributed by atoms with E-state index in [4.69, 9.17) is 32.1 Å². The van der Waals surface area contributed by atoms with Gasteiger partial charge in [0.1, 0.15) is 72.8 Å². The number of amides is 16. The van der Waals surface area contributed by atoms with Crippen LogP contribution in [0.5, 0.6) is 0 Å². The summed E-state index contributed by atoms with van der Waals surface area (Å²) in [6.07, 6.45) is 17.2. The van der Waals surface area contributed by atoms with E-state index in [-0.39, 0.29) is 134 Å². The lowest BCUT2D eigenvalue weighted by atomic mass is 10.0. The van der Waals surface area contributed by atoms with Crippen LogP contribution in [0.4, 0.5) is 0 Å². The van der Waals surface area contributed by atoms with Crippen LogP contribution in [0.15, 0.2) is 73.3 Å². The Bertz CT molecular complexity index is 4740. The summed E-state index contributed by atoms with van der Waals surface area (Å²) in [6, 6.07) is 0.210. The normalized spacial score (nSPS) is 18.4. The highest BCUT2D eigenvalue weighted by molar-refractivity contribution is 6.00. The number of hydrogen-bond acceptors (Lipinski definition) is 26. The van der Waals surface area contributed by atoms with Crippen molar-refractivity contribution in [2.24, 2.45) is 17.2 Å². The Morgan fingerprint density at radius 3 is 1.96 bits per heavy atom. The number of unbranched alkanes of at least 4 members (excludes halogenated alkanes) is 13. The van der Waals surface area contributed by atoms with Crippen LogP contribution < -0.4 is 86.3 Å². The zero-order chi connectivity index (χ0) is 102. The molecular weight excluding hydrogens is 1820 g/mol. The van der Waals surface area contributed by atoms with Gasteiger partial charge in [-0.15, -0.1) is 5.10 Å². The average molecular weight is 1960 g/mol. The number of likely N-dealkylation sites (N-methyl/N-ethyl adjacent to an activating group) is 1. The topological polar surface area (TPSA) is 699 Å². The molecule has 2 aliphatic heterocycles. The molecule has 2 aromatic carbocycles. The number of benzene rings is 2. The second kappa shape index (κ2) is 63.4. The molecule has 0 bridgehead atoms. The van der Waals surface area contributed by atoms with Gasteiger partial charge in [0.15, 0.2) is 5.96 Å². The molecule has 0 radical (unpaired) electrons. The van der Waals surface area contributed by atoms with Crippen molar-refractivity contribution in [3.63, 3.8) is 0 Å². The molecule has 47 heteroatoms. The maximum absolute atomic E-state index is 15.4. The van der Waals surface area contributed by atoms with Crippen LogP contribution in [-0.4, -0.2) is 327 Å². The Hall–Kier alpha value is -13.2. The third kappa shape index (κ3) is 43.1. The molecule has 25 N–H and O–H groups in total. The number of imidazole rings is 1. The van der Waals surface area contributed by atoms with Gasteiger partial charge in [-0.3, -0.25) is 82.1 Å². The van der Waals surface area contributed by atoms with Crippen molar-refractivity contribution in [1.82, 2.24) is 119 Å². The molecule has 5 heterocycles. The van der Waals surface area contributed by atoms with Gasteiger partial charge in [-0.1, -0.05) is 139 Å². The van der Waals surface area contributed by atoms with Crippen LogP contribution >= 0.6 is 0 Å². The summed E-state index contributed by atoms with van der Waals surface area (Å²) in [7, 11) is 3.36. The molecule has 2 saturated heterocycles. The molecule has 2 fully saturated rings. The molecule has 11 atom stereocenters. The fraction of sp³-hybridized carbons (Fsp3) is 0.624. The van der Waals surface area contributed by atoms with E-state index in [0.29, 0.717) is 24.0 Å². The smallest absolute Gasteiger partial charge is 0.246 e. The summed E-state index contributed by atoms with van der Waals surface area (Å²) in [5.74, 6) is -13.2. The van der Waals surface area contributed by atoms with E-state index in [2.05, 4.69) is 105 Å². The van der Waals surface area contributed by atoms with Crippen molar-refractivity contribution in [2.45, 2.75) is 272 Å². The third-order valence-corrected chi connectivity index (χ3v) is 23.8. The largest absolute Gasteiger partial charge is 0.394 e. The standard InChI is InChI=1S/C93H145N27O20/c1-4-5-30-67(84(130)110-70-37-39-79(125)99-40-25-24-32-66(83(95)129)107-88(134)72(49-61-52-102-65-31-23-22-29-64(61)65)111-85(131)68(33-26-41-101-93(96)97)108-87(133)71(48-60-27-18-17-19-28-60)112-90(136)75-51-63(122)55-120(75)92(70)138)105-81(127)56-119(44-43-118(2)3)91(137)73(50-62-53-98-59-104-62)113-86(132)69(36-38-76(94)123)109-89(135)74(57-121)106-80(126)54-103-82(128)58-140-47-46-139-45-42-100-78(124)35-21-16-14-12-10-8-6-7-9-11-13-15-20-34-77-114-116-117-115-77/h17-19,22-23,27-29,31,52-53,59,63,66-75,102,121-122H,4-16,20-21,24-26,30,32-51,54-58H2,1-3H3,(H2,94,123)(H2,95,129)(H,98,104)(H,99,125)(H,100,124)(H,103,128)(H,105,127)(H,106,126)(H,107,134)(H,108,133)(H,109,135)(H,110,130)(H,111,131)(H,112,136)(H,113,132)(H4,96,97,101)(H,114,115,116,117)/t63-,66+,67+,68+,69+,70+,71-,72+,73+,74+,75+/m1/s1. The molecule has 0 aliphatic carbocycles. The van der Waals surface area contributed by atoms with Crippen LogP contribution in [-0.2, 0) is 112 Å². The maximum Gasteiger partial charge on any atom is 0.246 e. The second-order valence-corrected chi connectivity index (χ2v) is 35.5. The number of aliphatic hydroxyl groups excluding tert-OH is 2. The highest BCUT2D eigenvalue weighted by Gasteiger charge is 2.44. The first kappa shape index (κ1) is 114.